The SMILES string of the molecule is CC1CCN(NC(=O)c2ccc(Nc3ncc4nc(Nc5ccc(F)c(Cl)c5)n(C(C)C)c4n3)cc2)CC1. The summed E-state index contributed by atoms with van der Waals surface area (Å²) in [5, 5.41) is 8.42. The third-order valence-corrected chi connectivity index (χ3v) is 6.86. The second-order valence-corrected chi connectivity index (χ2v) is 10.3. The van der Waals surface area contributed by atoms with Crippen molar-refractivity contribution in [3.63, 3.8) is 0 Å². The van der Waals surface area contributed by atoms with E-state index in [-0.39, 0.29) is 17.0 Å². The minimum atomic E-state index is -0.485. The molecule has 3 N–H and O–H groups in total. The van der Waals surface area contributed by atoms with Gasteiger partial charge in [-0.25, -0.2) is 19.4 Å². The Hall–Kier alpha value is -3.76. The smallest absolute Gasteiger partial charge is 0.265 e. The number of carbonyl (C=O) groups excluding carboxylic acids is 1. The maximum absolute atomic E-state index is 13.6. The van der Waals surface area contributed by atoms with E-state index >= 15 is 0 Å². The summed E-state index contributed by atoms with van der Waals surface area (Å²) in [7, 11) is 0. The summed E-state index contributed by atoms with van der Waals surface area (Å²) in [5.74, 6) is 1.04. The lowest BCUT2D eigenvalue weighted by molar-refractivity contribution is 0.0712. The summed E-state index contributed by atoms with van der Waals surface area (Å²) >= 11 is 5.94. The molecule has 38 heavy (non-hydrogen) atoms. The van der Waals surface area contributed by atoms with Crippen LogP contribution in [0.25, 0.3) is 11.2 Å². The number of benzene rings is 2. The molecule has 5 rings (SSSR count). The Labute approximate surface area is 225 Å². The van der Waals surface area contributed by atoms with E-state index in [9.17, 15) is 9.18 Å². The summed E-state index contributed by atoms with van der Waals surface area (Å²) in [6.07, 6.45) is 3.82. The Morgan fingerprint density at radius 2 is 1.76 bits per heavy atom. The number of nitrogens with one attached hydrogen (secondary N) is 3. The molecule has 2 aromatic carbocycles. The van der Waals surface area contributed by atoms with E-state index in [2.05, 4.69) is 33.0 Å². The molecule has 1 aliphatic heterocycles. The molecule has 0 bridgehead atoms. The van der Waals surface area contributed by atoms with Gasteiger partial charge in [0, 0.05) is 36.1 Å². The van der Waals surface area contributed by atoms with Crippen molar-refractivity contribution in [2.45, 2.75) is 39.7 Å². The van der Waals surface area contributed by atoms with Gasteiger partial charge in [-0.15, -0.1) is 0 Å². The Kier molecular flexibility index (Phi) is 7.44. The first-order valence-corrected chi connectivity index (χ1v) is 13.0. The number of nitrogens with zero attached hydrogens (tertiary/aromatic N) is 5. The zero-order valence-corrected chi connectivity index (χ0v) is 22.3. The van der Waals surface area contributed by atoms with E-state index in [0.717, 1.165) is 31.6 Å². The predicted molar refractivity (Wildman–Crippen MR) is 148 cm³/mol. The summed E-state index contributed by atoms with van der Waals surface area (Å²) in [4.78, 5) is 26.4. The van der Waals surface area contributed by atoms with Crippen molar-refractivity contribution in [3.8, 4) is 0 Å². The van der Waals surface area contributed by atoms with E-state index in [1.807, 2.05) is 35.6 Å². The number of piperidine rings is 1. The fraction of sp³-hybridized carbons (Fsp3) is 0.333. The van der Waals surface area contributed by atoms with Crippen molar-refractivity contribution >= 4 is 51.9 Å². The first kappa shape index (κ1) is 25.9. The van der Waals surface area contributed by atoms with Gasteiger partial charge in [0.2, 0.25) is 11.9 Å². The van der Waals surface area contributed by atoms with E-state index in [1.165, 1.54) is 12.1 Å². The normalized spacial score (nSPS) is 14.7. The van der Waals surface area contributed by atoms with Crippen LogP contribution in [0, 0.1) is 11.7 Å². The van der Waals surface area contributed by atoms with Crippen LogP contribution in [0.1, 0.15) is 50.0 Å². The lowest BCUT2D eigenvalue weighted by atomic mass is 10.0. The van der Waals surface area contributed by atoms with Crippen LogP contribution in [0.5, 0.6) is 0 Å². The molecule has 9 nitrogen and oxygen atoms in total. The van der Waals surface area contributed by atoms with Crippen molar-refractivity contribution in [2.75, 3.05) is 23.7 Å². The highest BCUT2D eigenvalue weighted by atomic mass is 35.5. The number of anilines is 4. The number of imidazole rings is 1. The van der Waals surface area contributed by atoms with Crippen LogP contribution in [0.2, 0.25) is 5.02 Å². The van der Waals surface area contributed by atoms with Crippen molar-refractivity contribution < 1.29 is 9.18 Å². The van der Waals surface area contributed by atoms with Crippen LogP contribution >= 0.6 is 11.6 Å². The molecule has 1 aliphatic rings. The van der Waals surface area contributed by atoms with E-state index < -0.39 is 5.82 Å². The van der Waals surface area contributed by atoms with Gasteiger partial charge in [0.25, 0.3) is 5.91 Å². The number of amides is 1. The van der Waals surface area contributed by atoms with E-state index in [1.54, 1.807) is 24.4 Å². The maximum Gasteiger partial charge on any atom is 0.265 e. The van der Waals surface area contributed by atoms with Crippen molar-refractivity contribution in [1.82, 2.24) is 30.0 Å². The van der Waals surface area contributed by atoms with Gasteiger partial charge in [-0.2, -0.15) is 4.98 Å². The van der Waals surface area contributed by atoms with Crippen LogP contribution in [0.3, 0.4) is 0 Å². The Bertz CT molecular complexity index is 1450. The summed E-state index contributed by atoms with van der Waals surface area (Å²) < 4.78 is 15.5. The Morgan fingerprint density at radius 3 is 2.45 bits per heavy atom. The minimum absolute atomic E-state index is 0.0260. The standard InChI is InChI=1S/C27H30ClFN8O/c1-16(2)37-24-23(33-27(37)32-20-8-9-22(29)21(28)14-20)15-30-26(34-24)31-19-6-4-18(5-7-19)25(38)35-36-12-10-17(3)11-13-36/h4-9,14-17H,10-13H2,1-3H3,(H,32,33)(H,35,38)(H,30,31,34). The molecule has 1 saturated heterocycles. The molecule has 0 saturated carbocycles. The van der Waals surface area contributed by atoms with Gasteiger partial charge in [-0.3, -0.25) is 14.8 Å². The van der Waals surface area contributed by atoms with Crippen molar-refractivity contribution in [2.24, 2.45) is 5.92 Å². The average molecular weight is 537 g/mol. The molecule has 1 fully saturated rings. The first-order valence-electron chi connectivity index (χ1n) is 12.7. The highest BCUT2D eigenvalue weighted by molar-refractivity contribution is 6.31. The molecule has 4 aromatic rings. The lowest BCUT2D eigenvalue weighted by Crippen LogP contribution is -2.46. The largest absolute Gasteiger partial charge is 0.325 e. The molecule has 11 heteroatoms. The van der Waals surface area contributed by atoms with Gasteiger partial charge in [-0.05, 0) is 75.1 Å². The van der Waals surface area contributed by atoms with Crippen molar-refractivity contribution in [3.05, 3.63) is 65.1 Å². The molecule has 0 atom stereocenters. The monoisotopic (exact) mass is 536 g/mol. The number of carbonyl (C=O) groups is 1. The zero-order valence-electron chi connectivity index (χ0n) is 21.5. The highest BCUT2D eigenvalue weighted by Gasteiger charge is 2.19. The van der Waals surface area contributed by atoms with E-state index in [4.69, 9.17) is 16.6 Å². The zero-order chi connectivity index (χ0) is 26.8. The number of hydrogen-bond donors (Lipinski definition) is 3. The minimum Gasteiger partial charge on any atom is -0.325 e. The first-order chi connectivity index (χ1) is 18.3. The number of hydrogen-bond acceptors (Lipinski definition) is 7. The number of aromatic nitrogens is 4. The number of hydrazine groups is 1. The predicted octanol–water partition coefficient (Wildman–Crippen LogP) is 6.06. The quantitative estimate of drug-likeness (QED) is 0.264. The van der Waals surface area contributed by atoms with Crippen LogP contribution < -0.4 is 16.1 Å². The van der Waals surface area contributed by atoms with Gasteiger partial charge < -0.3 is 10.6 Å². The maximum atomic E-state index is 13.6. The fourth-order valence-electron chi connectivity index (χ4n) is 4.39. The molecule has 0 radical (unpaired) electrons. The number of fused-ring (bicyclic) bond motifs is 1. The lowest BCUT2D eigenvalue weighted by Gasteiger charge is -2.30. The third-order valence-electron chi connectivity index (χ3n) is 6.57. The molecule has 0 spiro atoms. The van der Waals surface area contributed by atoms with Gasteiger partial charge >= 0.3 is 0 Å². The summed E-state index contributed by atoms with van der Waals surface area (Å²) in [6, 6.07) is 11.6. The molecule has 0 unspecified atom stereocenters. The summed E-state index contributed by atoms with van der Waals surface area (Å²) in [5.41, 5.74) is 6.19. The Balaban J connectivity index is 1.31. The molecular formula is C27H30ClFN8O. The second-order valence-electron chi connectivity index (χ2n) is 9.87. The average Bonchev–Trinajstić information content (AvgIpc) is 3.25. The van der Waals surface area contributed by atoms with Gasteiger partial charge in [-0.1, -0.05) is 18.5 Å². The van der Waals surface area contributed by atoms with Crippen LogP contribution in [-0.2, 0) is 0 Å². The molecule has 2 aromatic heterocycles. The van der Waals surface area contributed by atoms with Crippen LogP contribution in [0.4, 0.5) is 27.7 Å². The third kappa shape index (κ3) is 5.71. The molecule has 198 valence electrons. The topological polar surface area (TPSA) is 100 Å². The van der Waals surface area contributed by atoms with Crippen LogP contribution in [-0.4, -0.2) is 43.5 Å². The molecule has 1 amide bonds. The number of rotatable bonds is 7. The Morgan fingerprint density at radius 1 is 1.05 bits per heavy atom. The molecule has 3 heterocycles. The van der Waals surface area contributed by atoms with Crippen LogP contribution in [0.15, 0.2) is 48.7 Å². The van der Waals surface area contributed by atoms with Gasteiger partial charge in [0.1, 0.15) is 11.3 Å². The van der Waals surface area contributed by atoms with Crippen molar-refractivity contribution in [1.29, 1.82) is 0 Å². The van der Waals surface area contributed by atoms with Gasteiger partial charge in [0.05, 0.1) is 11.2 Å². The highest BCUT2D eigenvalue weighted by Crippen LogP contribution is 2.28. The van der Waals surface area contributed by atoms with E-state index in [0.29, 0.717) is 40.2 Å². The molecule has 0 aliphatic carbocycles. The summed E-state index contributed by atoms with van der Waals surface area (Å²) in [6.45, 7) is 8.02. The number of halogens is 2. The second kappa shape index (κ2) is 10.9. The fourth-order valence-corrected chi connectivity index (χ4v) is 4.57. The van der Waals surface area contributed by atoms with Gasteiger partial charge in [0.15, 0.2) is 5.65 Å². The molecular weight excluding hydrogens is 507 g/mol.